The van der Waals surface area contributed by atoms with Gasteiger partial charge in [-0.25, -0.2) is 0 Å². The van der Waals surface area contributed by atoms with Crippen LogP contribution in [-0.2, 0) is 27.0 Å². The van der Waals surface area contributed by atoms with Gasteiger partial charge in [0.2, 0.25) is 11.7 Å². The minimum Gasteiger partial charge on any atom is -0.493 e. The molecule has 2 spiro atoms. The molecule has 216 valence electrons. The van der Waals surface area contributed by atoms with Gasteiger partial charge in [-0.05, 0) is 55.1 Å². The number of ketones is 1. The van der Waals surface area contributed by atoms with E-state index in [-0.39, 0.29) is 23.6 Å². The van der Waals surface area contributed by atoms with Crippen LogP contribution >= 0.6 is 0 Å². The number of nitrogens with one attached hydrogen (secondary N) is 2. The normalized spacial score (nSPS) is 27.0. The van der Waals surface area contributed by atoms with Gasteiger partial charge in [-0.2, -0.15) is 0 Å². The zero-order valence-electron chi connectivity index (χ0n) is 24.1. The van der Waals surface area contributed by atoms with Gasteiger partial charge < -0.3 is 24.8 Å². The number of anilines is 2. The first-order chi connectivity index (χ1) is 20.4. The zero-order chi connectivity index (χ0) is 29.4. The summed E-state index contributed by atoms with van der Waals surface area (Å²) >= 11 is 0. The Morgan fingerprint density at radius 2 is 1.64 bits per heavy atom. The number of nitrogens with zero attached hydrogens (tertiary/aromatic N) is 1. The van der Waals surface area contributed by atoms with Gasteiger partial charge in [-0.15, -0.1) is 0 Å². The molecule has 4 aliphatic heterocycles. The Kier molecular flexibility index (Phi) is 5.89. The second-order valence-electron chi connectivity index (χ2n) is 11.3. The number of para-hydroxylation sites is 2. The Bertz CT molecular complexity index is 1640. The molecule has 0 unspecified atom stereocenters. The number of ether oxygens (including phenoxy) is 3. The lowest BCUT2D eigenvalue weighted by atomic mass is 9.57. The van der Waals surface area contributed by atoms with Crippen molar-refractivity contribution in [1.82, 2.24) is 4.90 Å². The quantitative estimate of drug-likeness (QED) is 0.428. The highest BCUT2D eigenvalue weighted by Gasteiger charge is 2.81. The fourth-order valence-corrected chi connectivity index (χ4v) is 8.36. The van der Waals surface area contributed by atoms with Crippen molar-refractivity contribution in [3.8, 4) is 17.2 Å². The minimum atomic E-state index is -1.52. The van der Waals surface area contributed by atoms with E-state index in [0.717, 1.165) is 23.2 Å². The highest BCUT2D eigenvalue weighted by molar-refractivity contribution is 6.21. The molecule has 9 heteroatoms. The number of hydrogen-bond acceptors (Lipinski definition) is 7. The molecule has 4 heterocycles. The molecule has 2 fully saturated rings. The Labute approximate surface area is 244 Å². The van der Waals surface area contributed by atoms with Crippen LogP contribution in [0.5, 0.6) is 17.2 Å². The number of carbonyl (C=O) groups is 3. The predicted octanol–water partition coefficient (Wildman–Crippen LogP) is 4.29. The Morgan fingerprint density at radius 3 is 2.33 bits per heavy atom. The van der Waals surface area contributed by atoms with Crippen LogP contribution in [0.3, 0.4) is 0 Å². The summed E-state index contributed by atoms with van der Waals surface area (Å²) in [6.07, 6.45) is 2.20. The summed E-state index contributed by atoms with van der Waals surface area (Å²) in [7, 11) is 4.51. The molecule has 2 amide bonds. The number of rotatable bonds is 6. The van der Waals surface area contributed by atoms with E-state index in [1.165, 1.54) is 21.3 Å². The summed E-state index contributed by atoms with van der Waals surface area (Å²) in [6.45, 7) is 2.63. The summed E-state index contributed by atoms with van der Waals surface area (Å²) in [4.78, 5) is 46.6. The van der Waals surface area contributed by atoms with Crippen LogP contribution in [0.25, 0.3) is 0 Å². The third-order valence-corrected chi connectivity index (χ3v) is 9.83. The number of benzene rings is 3. The van der Waals surface area contributed by atoms with Gasteiger partial charge in [-0.3, -0.25) is 19.3 Å². The first-order valence-corrected chi connectivity index (χ1v) is 14.4. The lowest BCUT2D eigenvalue weighted by molar-refractivity contribution is -0.137. The molecular formula is C33H33N3O6. The first kappa shape index (κ1) is 26.5. The summed E-state index contributed by atoms with van der Waals surface area (Å²) in [5.74, 6) is -0.657. The fraction of sp³-hybridized carbons (Fsp3) is 0.364. The van der Waals surface area contributed by atoms with Crippen molar-refractivity contribution >= 4 is 29.0 Å². The van der Waals surface area contributed by atoms with Crippen LogP contribution in [0.15, 0.2) is 54.6 Å². The Hall–Kier alpha value is -4.37. The summed E-state index contributed by atoms with van der Waals surface area (Å²) in [6, 6.07) is 16.3. The van der Waals surface area contributed by atoms with Gasteiger partial charge in [-0.1, -0.05) is 43.3 Å². The fourth-order valence-electron chi connectivity index (χ4n) is 8.36. The second kappa shape index (κ2) is 9.32. The highest BCUT2D eigenvalue weighted by atomic mass is 16.5. The number of hydrogen-bond donors (Lipinski definition) is 2. The molecule has 2 N–H and O–H groups in total. The van der Waals surface area contributed by atoms with E-state index in [1.54, 1.807) is 12.1 Å². The van der Waals surface area contributed by atoms with Crippen LogP contribution in [-0.4, -0.2) is 56.4 Å². The second-order valence-corrected chi connectivity index (χ2v) is 11.3. The van der Waals surface area contributed by atoms with Gasteiger partial charge in [0.05, 0.1) is 27.2 Å². The topological polar surface area (TPSA) is 106 Å². The molecule has 2 saturated heterocycles. The third kappa shape index (κ3) is 2.99. The standard InChI is InChI=1S/C33H33N3O6/c1-5-18-10-8-12-21-27(18)35-31(39)33(21)32(20-11-6-7-13-22(20)34-30(32)38)26(23-14-9-15-36(23)33)28(37)19-16-24(40-2)29(42-4)25(17-19)41-3/h6-8,10-13,16-17,23,26H,5,9,14-15H2,1-4H3,(H,34,38)(H,35,39)/t23-,26+,32+,33+/m1/s1. The van der Waals surface area contributed by atoms with Crippen LogP contribution < -0.4 is 24.8 Å². The van der Waals surface area contributed by atoms with Gasteiger partial charge in [0.25, 0.3) is 5.91 Å². The van der Waals surface area contributed by atoms with Crippen LogP contribution in [0.4, 0.5) is 11.4 Å². The summed E-state index contributed by atoms with van der Waals surface area (Å²) in [5, 5.41) is 6.27. The largest absolute Gasteiger partial charge is 0.493 e. The Morgan fingerprint density at radius 1 is 0.929 bits per heavy atom. The lowest BCUT2D eigenvalue weighted by Crippen LogP contribution is -2.62. The molecule has 4 aliphatic rings. The van der Waals surface area contributed by atoms with E-state index in [0.29, 0.717) is 53.4 Å². The van der Waals surface area contributed by atoms with E-state index >= 15 is 4.79 Å². The highest BCUT2D eigenvalue weighted by Crippen LogP contribution is 2.68. The smallest absolute Gasteiger partial charge is 0.251 e. The van der Waals surface area contributed by atoms with Crippen molar-refractivity contribution in [2.45, 2.75) is 43.2 Å². The number of Topliss-reactive ketones (excluding diaryl/α,β-unsaturated/α-hetero) is 1. The lowest BCUT2D eigenvalue weighted by Gasteiger charge is -2.43. The van der Waals surface area contributed by atoms with E-state index in [9.17, 15) is 9.59 Å². The molecular weight excluding hydrogens is 534 g/mol. The van der Waals surface area contributed by atoms with Crippen molar-refractivity contribution in [3.63, 3.8) is 0 Å². The number of fused-ring (bicyclic) bond motifs is 7. The maximum Gasteiger partial charge on any atom is 0.251 e. The number of amides is 2. The monoisotopic (exact) mass is 567 g/mol. The molecule has 0 aliphatic carbocycles. The minimum absolute atomic E-state index is 0.247. The molecule has 3 aromatic carbocycles. The number of carbonyl (C=O) groups excluding carboxylic acids is 3. The van der Waals surface area contributed by atoms with E-state index in [1.807, 2.05) is 49.4 Å². The molecule has 42 heavy (non-hydrogen) atoms. The van der Waals surface area contributed by atoms with Gasteiger partial charge in [0, 0.05) is 28.5 Å². The average Bonchev–Trinajstić information content (AvgIpc) is 3.74. The van der Waals surface area contributed by atoms with Crippen molar-refractivity contribution in [2.24, 2.45) is 5.92 Å². The average molecular weight is 568 g/mol. The molecule has 7 rings (SSSR count). The van der Waals surface area contributed by atoms with Gasteiger partial charge in [0.1, 0.15) is 11.0 Å². The van der Waals surface area contributed by atoms with Crippen LogP contribution in [0.2, 0.25) is 0 Å². The third-order valence-electron chi connectivity index (χ3n) is 9.83. The van der Waals surface area contributed by atoms with E-state index in [2.05, 4.69) is 15.5 Å². The van der Waals surface area contributed by atoms with Crippen molar-refractivity contribution in [3.05, 3.63) is 76.9 Å². The van der Waals surface area contributed by atoms with Crippen molar-refractivity contribution < 1.29 is 28.6 Å². The molecule has 0 bridgehead atoms. The molecule has 9 nitrogen and oxygen atoms in total. The van der Waals surface area contributed by atoms with Gasteiger partial charge >= 0.3 is 0 Å². The SMILES string of the molecule is CCc1cccc2c1NC(=O)[C@@]21N2CCC[C@@H]2[C@@H](C(=O)c2cc(OC)c(OC)c(OC)c2)[C@@]12C(=O)Nc1ccccc12. The Balaban J connectivity index is 1.55. The molecule has 3 aromatic rings. The first-order valence-electron chi connectivity index (χ1n) is 14.4. The number of aryl methyl sites for hydroxylation is 1. The summed E-state index contributed by atoms with van der Waals surface area (Å²) in [5.41, 5.74) is 1.18. The maximum absolute atomic E-state index is 15.0. The van der Waals surface area contributed by atoms with Gasteiger partial charge in [0.15, 0.2) is 17.3 Å². The molecule has 0 saturated carbocycles. The van der Waals surface area contributed by atoms with E-state index in [4.69, 9.17) is 14.2 Å². The van der Waals surface area contributed by atoms with Crippen molar-refractivity contribution in [1.29, 1.82) is 0 Å². The van der Waals surface area contributed by atoms with Crippen LogP contribution in [0.1, 0.15) is 46.8 Å². The molecule has 0 radical (unpaired) electrons. The molecule has 0 aromatic heterocycles. The summed E-state index contributed by atoms with van der Waals surface area (Å²) < 4.78 is 16.7. The maximum atomic E-state index is 15.0. The predicted molar refractivity (Wildman–Crippen MR) is 157 cm³/mol. The zero-order valence-corrected chi connectivity index (χ0v) is 24.1. The van der Waals surface area contributed by atoms with E-state index < -0.39 is 16.9 Å². The number of methoxy groups -OCH3 is 3. The molecule has 4 atom stereocenters. The van der Waals surface area contributed by atoms with Crippen molar-refractivity contribution in [2.75, 3.05) is 38.5 Å². The van der Waals surface area contributed by atoms with Crippen LogP contribution in [0, 0.1) is 5.92 Å².